The predicted molar refractivity (Wildman–Crippen MR) is 124 cm³/mol. The molecule has 4 atom stereocenters. The van der Waals surface area contributed by atoms with Crippen molar-refractivity contribution in [3.05, 3.63) is 71.9 Å². The Bertz CT molecular complexity index is 1270. The maximum absolute atomic E-state index is 13.1. The summed E-state index contributed by atoms with van der Waals surface area (Å²) < 4.78 is 28.3. The van der Waals surface area contributed by atoms with Crippen molar-refractivity contribution in [1.29, 1.82) is 0 Å². The zero-order chi connectivity index (χ0) is 25.0. The second-order valence-corrected chi connectivity index (χ2v) is 9.54. The lowest BCUT2D eigenvalue weighted by Gasteiger charge is -2.19. The van der Waals surface area contributed by atoms with Crippen LogP contribution in [0.1, 0.15) is 28.0 Å². The molecule has 2 heterocycles. The van der Waals surface area contributed by atoms with Crippen LogP contribution in [0.3, 0.4) is 0 Å². The van der Waals surface area contributed by atoms with E-state index < -0.39 is 40.3 Å². The average Bonchev–Trinajstić information content (AvgIpc) is 3.42. The third-order valence-electron chi connectivity index (χ3n) is 5.87. The number of rotatable bonds is 10. The first kappa shape index (κ1) is 24.9. The average molecular weight is 503 g/mol. The molecule has 0 spiro atoms. The van der Waals surface area contributed by atoms with Gasteiger partial charge in [0, 0.05) is 24.9 Å². The summed E-state index contributed by atoms with van der Waals surface area (Å²) in [5, 5.41) is 32.9. The van der Waals surface area contributed by atoms with Gasteiger partial charge in [0.05, 0.1) is 24.3 Å². The first-order chi connectivity index (χ1) is 16.7. The molecule has 1 aliphatic carbocycles. The number of carbonyl (C=O) groups is 1. The number of hydrogen-bond acceptors (Lipinski definition) is 10. The van der Waals surface area contributed by atoms with E-state index in [-0.39, 0.29) is 30.1 Å². The number of nitrogens with one attached hydrogen (secondary N) is 1. The highest BCUT2D eigenvalue weighted by atomic mass is 32.2. The summed E-state index contributed by atoms with van der Waals surface area (Å²) in [5.41, 5.74) is 1.51. The first-order valence-corrected chi connectivity index (χ1v) is 12.4. The lowest BCUT2D eigenvalue weighted by molar-refractivity contribution is 0.00778. The van der Waals surface area contributed by atoms with Gasteiger partial charge < -0.3 is 15.5 Å². The van der Waals surface area contributed by atoms with Gasteiger partial charge in [0.25, 0.3) is 0 Å². The number of anilines is 1. The van der Waals surface area contributed by atoms with Crippen LogP contribution < -0.4 is 10.5 Å². The van der Waals surface area contributed by atoms with Gasteiger partial charge in [-0.15, -0.1) is 0 Å². The highest BCUT2D eigenvalue weighted by Gasteiger charge is 2.42. The fourth-order valence-corrected chi connectivity index (χ4v) is 4.40. The Morgan fingerprint density at radius 3 is 2.71 bits per heavy atom. The number of nitrogens with zero attached hydrogens (tertiary/aromatic N) is 4. The maximum atomic E-state index is 13.1. The van der Waals surface area contributed by atoms with Crippen LogP contribution in [0.25, 0.3) is 0 Å². The van der Waals surface area contributed by atoms with Crippen molar-refractivity contribution in [2.24, 2.45) is 11.1 Å². The Hall–Kier alpha value is -3.23. The van der Waals surface area contributed by atoms with Crippen molar-refractivity contribution in [3.8, 4) is 0 Å². The third kappa shape index (κ3) is 6.26. The molecule has 4 rings (SSSR count). The molecule has 35 heavy (non-hydrogen) atoms. The molecule has 5 N–H and O–H groups in total. The minimum atomic E-state index is -4.18. The summed E-state index contributed by atoms with van der Waals surface area (Å²) in [7, 11) is -4.18. The van der Waals surface area contributed by atoms with E-state index in [9.17, 15) is 23.4 Å². The Labute approximate surface area is 202 Å². The second-order valence-electron chi connectivity index (χ2n) is 8.32. The fourth-order valence-electron chi connectivity index (χ4n) is 4.04. The van der Waals surface area contributed by atoms with E-state index in [1.807, 2.05) is 30.3 Å². The summed E-state index contributed by atoms with van der Waals surface area (Å²) in [6.45, 7) is 0.215. The number of benzene rings is 1. The molecule has 1 saturated carbocycles. The van der Waals surface area contributed by atoms with Crippen LogP contribution in [-0.2, 0) is 27.5 Å². The summed E-state index contributed by atoms with van der Waals surface area (Å²) in [4.78, 5) is 21.2. The largest absolute Gasteiger partial charge is 0.390 e. The normalized spacial score (nSPS) is 22.3. The molecule has 0 radical (unpaired) electrons. The van der Waals surface area contributed by atoms with Crippen LogP contribution in [0.2, 0.25) is 0 Å². The quantitative estimate of drug-likeness (QED) is 0.273. The molecule has 1 aliphatic rings. The fraction of sp³-hybridized carbons (Fsp3) is 0.364. The molecule has 0 saturated heterocycles. The van der Waals surface area contributed by atoms with Crippen molar-refractivity contribution >= 4 is 21.9 Å². The number of hydrogen-bond donors (Lipinski definition) is 4. The van der Waals surface area contributed by atoms with Gasteiger partial charge in [-0.3, -0.25) is 13.7 Å². The molecule has 13 heteroatoms. The minimum Gasteiger partial charge on any atom is -0.390 e. The summed E-state index contributed by atoms with van der Waals surface area (Å²) >= 11 is 0. The van der Waals surface area contributed by atoms with Crippen molar-refractivity contribution in [1.82, 2.24) is 19.7 Å². The highest BCUT2D eigenvalue weighted by Crippen LogP contribution is 2.30. The van der Waals surface area contributed by atoms with Crippen LogP contribution in [0.4, 0.5) is 5.82 Å². The zero-order valence-electron chi connectivity index (χ0n) is 18.6. The van der Waals surface area contributed by atoms with Gasteiger partial charge >= 0.3 is 10.3 Å². The number of aromatic nitrogens is 4. The van der Waals surface area contributed by atoms with Gasteiger partial charge in [0.1, 0.15) is 23.9 Å². The number of nitrogens with two attached hydrogens (primary N) is 1. The summed E-state index contributed by atoms with van der Waals surface area (Å²) in [6, 6.07) is 10.8. The summed E-state index contributed by atoms with van der Waals surface area (Å²) in [5.74, 6) is -0.941. The lowest BCUT2D eigenvalue weighted by atomic mass is 10.1. The Balaban J connectivity index is 1.44. The Morgan fingerprint density at radius 2 is 1.97 bits per heavy atom. The van der Waals surface area contributed by atoms with Gasteiger partial charge in [0.2, 0.25) is 5.78 Å². The van der Waals surface area contributed by atoms with Crippen LogP contribution in [0.15, 0.2) is 55.1 Å². The van der Waals surface area contributed by atoms with Crippen LogP contribution in [0.5, 0.6) is 0 Å². The molecule has 0 bridgehead atoms. The number of aliphatic hydroxyl groups excluding tert-OH is 2. The highest BCUT2D eigenvalue weighted by molar-refractivity contribution is 7.84. The van der Waals surface area contributed by atoms with E-state index in [1.165, 1.54) is 12.5 Å². The standard InChI is InChI=1S/C22H26N6O6S/c23-35(32,33)34-12-15-10-18(21(31)19(15)29)26-22-16(11-24-13-25-22)20(30)17-7-9-28(27-17)8-6-14-4-2-1-3-5-14/h1-5,7,9,11,13,15,18-19,21,29,31H,6,8,10,12H2,(H2,23,32,33)(H,24,25,26)/t15-,18-,19-,21+/m1/s1. The molecule has 0 aliphatic heterocycles. The zero-order valence-corrected chi connectivity index (χ0v) is 19.5. The monoisotopic (exact) mass is 502 g/mol. The lowest BCUT2D eigenvalue weighted by Crippen LogP contribution is -2.36. The topological polar surface area (TPSA) is 183 Å². The second kappa shape index (κ2) is 10.6. The van der Waals surface area contributed by atoms with Gasteiger partial charge in [0.15, 0.2) is 0 Å². The minimum absolute atomic E-state index is 0.145. The van der Waals surface area contributed by atoms with E-state index >= 15 is 0 Å². The molecule has 1 aromatic carbocycles. The molecule has 12 nitrogen and oxygen atoms in total. The Morgan fingerprint density at radius 1 is 1.20 bits per heavy atom. The molecule has 2 aromatic heterocycles. The first-order valence-electron chi connectivity index (χ1n) is 10.9. The van der Waals surface area contributed by atoms with Gasteiger partial charge in [-0.1, -0.05) is 30.3 Å². The van der Waals surface area contributed by atoms with Crippen LogP contribution in [0, 0.1) is 5.92 Å². The van der Waals surface area contributed by atoms with Crippen molar-refractivity contribution in [3.63, 3.8) is 0 Å². The maximum Gasteiger partial charge on any atom is 0.333 e. The van der Waals surface area contributed by atoms with Crippen LogP contribution in [-0.4, -0.2) is 69.0 Å². The van der Waals surface area contributed by atoms with Gasteiger partial charge in [-0.2, -0.15) is 13.5 Å². The molecule has 3 aromatic rings. The number of aliphatic hydroxyl groups is 2. The van der Waals surface area contributed by atoms with Crippen molar-refractivity contribution < 1.29 is 27.6 Å². The third-order valence-corrected chi connectivity index (χ3v) is 6.34. The van der Waals surface area contributed by atoms with E-state index in [1.54, 1.807) is 16.9 Å². The van der Waals surface area contributed by atoms with Crippen LogP contribution >= 0.6 is 0 Å². The molecule has 0 amide bonds. The number of carbonyl (C=O) groups excluding carboxylic acids is 1. The van der Waals surface area contributed by atoms with E-state index in [0.29, 0.717) is 6.54 Å². The number of ketones is 1. The molecule has 186 valence electrons. The van der Waals surface area contributed by atoms with Crippen molar-refractivity contribution in [2.75, 3.05) is 11.9 Å². The molecule has 0 unspecified atom stereocenters. The number of aryl methyl sites for hydroxylation is 2. The molecular weight excluding hydrogens is 476 g/mol. The molecular formula is C22H26N6O6S. The smallest absolute Gasteiger partial charge is 0.333 e. The molecule has 1 fully saturated rings. The summed E-state index contributed by atoms with van der Waals surface area (Å²) in [6.07, 6.45) is 2.73. The predicted octanol–water partition coefficient (Wildman–Crippen LogP) is -0.111. The van der Waals surface area contributed by atoms with E-state index in [2.05, 4.69) is 24.6 Å². The van der Waals surface area contributed by atoms with Gasteiger partial charge in [-0.05, 0) is 24.5 Å². The SMILES string of the molecule is NS(=O)(=O)OC[C@H]1C[C@@H](Nc2ncncc2C(=O)c2ccn(CCc3ccccc3)n2)[C@H](O)[C@@H]1O. The van der Waals surface area contributed by atoms with Gasteiger partial charge in [-0.25, -0.2) is 15.1 Å². The Kier molecular flexibility index (Phi) is 7.52. The van der Waals surface area contributed by atoms with Crippen molar-refractivity contribution in [2.45, 2.75) is 37.6 Å². The van der Waals surface area contributed by atoms with E-state index in [0.717, 1.165) is 12.0 Å². The van der Waals surface area contributed by atoms with E-state index in [4.69, 9.17) is 5.14 Å².